The lowest BCUT2D eigenvalue weighted by atomic mass is 10.4. The Bertz CT molecular complexity index is 348. The van der Waals surface area contributed by atoms with Crippen LogP contribution < -0.4 is 0 Å². The summed E-state index contributed by atoms with van der Waals surface area (Å²) in [6.07, 6.45) is 0. The number of hydrogen-bond donors (Lipinski definition) is 0. The second-order valence-corrected chi connectivity index (χ2v) is 5.93. The maximum Gasteiger partial charge on any atom is 0.242 e. The second kappa shape index (κ2) is 2.60. The van der Waals surface area contributed by atoms with Crippen LogP contribution in [0.25, 0.3) is 0 Å². The fraction of sp³-hybridized carbons (Fsp3) is 0.400. The Morgan fingerprint density at radius 3 is 2.18 bits per heavy atom. The highest BCUT2D eigenvalue weighted by molar-refractivity contribution is 9.47. The van der Waals surface area contributed by atoms with Crippen molar-refractivity contribution in [3.63, 3.8) is 0 Å². The molecule has 0 fully saturated rings. The highest BCUT2D eigenvalue weighted by atomic mass is 79.9. The lowest BCUT2D eigenvalue weighted by molar-refractivity contribution is 0.391. The zero-order chi connectivity index (χ0) is 8.65. The third-order valence-corrected chi connectivity index (χ3v) is 3.25. The first kappa shape index (κ1) is 8.73. The highest BCUT2D eigenvalue weighted by Gasteiger charge is 2.20. The summed E-state index contributed by atoms with van der Waals surface area (Å²) in [5.41, 5.74) is 0.374. The van der Waals surface area contributed by atoms with Crippen molar-refractivity contribution < 1.29 is 12.9 Å². The van der Waals surface area contributed by atoms with Crippen LogP contribution in [0.15, 0.2) is 9.42 Å². The smallest absolute Gasteiger partial charge is 0.242 e. The van der Waals surface area contributed by atoms with Gasteiger partial charge in [0.25, 0.3) is 0 Å². The molecule has 62 valence electrons. The summed E-state index contributed by atoms with van der Waals surface area (Å²) in [5, 5.41) is 3.50. The van der Waals surface area contributed by atoms with E-state index in [1.54, 1.807) is 13.8 Å². The molecule has 0 unspecified atom stereocenters. The minimum absolute atomic E-state index is 0.123. The van der Waals surface area contributed by atoms with Crippen molar-refractivity contribution in [3.8, 4) is 0 Å². The number of aromatic nitrogens is 1. The van der Waals surface area contributed by atoms with Crippen LogP contribution in [-0.4, -0.2) is 13.6 Å². The third-order valence-electron chi connectivity index (χ3n) is 1.21. The third kappa shape index (κ3) is 1.62. The van der Waals surface area contributed by atoms with Gasteiger partial charge >= 0.3 is 0 Å². The fourth-order valence-electron chi connectivity index (χ4n) is 0.823. The van der Waals surface area contributed by atoms with Gasteiger partial charge in [0.15, 0.2) is 5.76 Å². The monoisotopic (exact) mass is 239 g/mol. The van der Waals surface area contributed by atoms with Gasteiger partial charge in [-0.15, -0.1) is 0 Å². The van der Waals surface area contributed by atoms with Gasteiger partial charge in [0.2, 0.25) is 8.27 Å². The fourth-order valence-corrected chi connectivity index (χ4v) is 2.98. The Morgan fingerprint density at radius 2 is 2.00 bits per heavy atom. The Labute approximate surface area is 71.7 Å². The Hall–Kier alpha value is -0.360. The summed E-state index contributed by atoms with van der Waals surface area (Å²) in [5.74, 6) is 0.305. The summed E-state index contributed by atoms with van der Waals surface area (Å²) in [4.78, 5) is 0.123. The second-order valence-electron chi connectivity index (χ2n) is 2.09. The molecule has 0 aliphatic heterocycles. The summed E-state index contributed by atoms with van der Waals surface area (Å²) in [6, 6.07) is 0. The maximum absolute atomic E-state index is 11.0. The van der Waals surface area contributed by atoms with Gasteiger partial charge < -0.3 is 4.52 Å². The molecule has 0 spiro atoms. The first-order chi connectivity index (χ1) is 4.93. The van der Waals surface area contributed by atoms with E-state index in [4.69, 9.17) is 0 Å². The van der Waals surface area contributed by atoms with E-state index in [-0.39, 0.29) is 4.90 Å². The van der Waals surface area contributed by atoms with E-state index in [2.05, 4.69) is 24.5 Å². The highest BCUT2D eigenvalue weighted by Crippen LogP contribution is 2.23. The maximum atomic E-state index is 11.0. The topological polar surface area (TPSA) is 60.2 Å². The standard InChI is InChI=1S/C5H6BrNO3S/c1-3-5(11(6,8)9)4(2)10-7-3/h1-2H3. The minimum atomic E-state index is -3.36. The van der Waals surface area contributed by atoms with Crippen molar-refractivity contribution in [3.05, 3.63) is 11.5 Å². The Morgan fingerprint density at radius 1 is 1.45 bits per heavy atom. The number of hydrogen-bond acceptors (Lipinski definition) is 4. The van der Waals surface area contributed by atoms with E-state index in [9.17, 15) is 8.42 Å². The predicted molar refractivity (Wildman–Crippen MR) is 42.1 cm³/mol. The minimum Gasteiger partial charge on any atom is -0.360 e. The zero-order valence-electron chi connectivity index (χ0n) is 5.96. The first-order valence-electron chi connectivity index (χ1n) is 2.80. The van der Waals surface area contributed by atoms with Crippen molar-refractivity contribution in [2.45, 2.75) is 18.7 Å². The SMILES string of the molecule is Cc1noc(C)c1S(=O)(=O)Br. The molecule has 4 nitrogen and oxygen atoms in total. The molecule has 0 N–H and O–H groups in total. The van der Waals surface area contributed by atoms with Crippen LogP contribution in [0.5, 0.6) is 0 Å². The molecule has 0 aromatic carbocycles. The van der Waals surface area contributed by atoms with Gasteiger partial charge in [-0.1, -0.05) is 5.16 Å². The average Bonchev–Trinajstić information content (AvgIpc) is 2.08. The van der Waals surface area contributed by atoms with E-state index in [0.717, 1.165) is 0 Å². The van der Waals surface area contributed by atoms with Crippen LogP contribution in [0, 0.1) is 13.8 Å². The van der Waals surface area contributed by atoms with E-state index >= 15 is 0 Å². The largest absolute Gasteiger partial charge is 0.360 e. The number of aryl methyl sites for hydroxylation is 2. The van der Waals surface area contributed by atoms with E-state index in [0.29, 0.717) is 11.5 Å². The van der Waals surface area contributed by atoms with Crippen LogP contribution in [0.1, 0.15) is 11.5 Å². The molecule has 6 heteroatoms. The van der Waals surface area contributed by atoms with Crippen molar-refractivity contribution >= 4 is 23.1 Å². The van der Waals surface area contributed by atoms with Gasteiger partial charge in [-0.05, 0) is 13.8 Å². The number of halogens is 1. The van der Waals surface area contributed by atoms with Crippen LogP contribution in [0.3, 0.4) is 0 Å². The molecule has 0 aliphatic rings. The van der Waals surface area contributed by atoms with Crippen LogP contribution in [0.4, 0.5) is 0 Å². The molecule has 11 heavy (non-hydrogen) atoms. The summed E-state index contributed by atoms with van der Waals surface area (Å²) in [6.45, 7) is 3.12. The van der Waals surface area contributed by atoms with Crippen molar-refractivity contribution in [2.75, 3.05) is 0 Å². The molecule has 1 heterocycles. The molecule has 0 saturated carbocycles. The van der Waals surface area contributed by atoms with Crippen molar-refractivity contribution in [1.82, 2.24) is 5.16 Å². The van der Waals surface area contributed by atoms with Crippen LogP contribution in [-0.2, 0) is 8.27 Å². The molecule has 0 bridgehead atoms. The van der Waals surface area contributed by atoms with E-state index in [1.807, 2.05) is 0 Å². The van der Waals surface area contributed by atoms with Crippen LogP contribution in [0.2, 0.25) is 0 Å². The summed E-state index contributed by atoms with van der Waals surface area (Å²) in [7, 11) is -3.36. The van der Waals surface area contributed by atoms with E-state index in [1.165, 1.54) is 0 Å². The van der Waals surface area contributed by atoms with Crippen LogP contribution >= 0.6 is 14.8 Å². The van der Waals surface area contributed by atoms with Crippen molar-refractivity contribution in [1.29, 1.82) is 0 Å². The summed E-state index contributed by atoms with van der Waals surface area (Å²) >= 11 is 2.54. The molecule has 0 atom stereocenters. The lowest BCUT2D eigenvalue weighted by Gasteiger charge is -1.90. The Kier molecular flexibility index (Phi) is 2.06. The van der Waals surface area contributed by atoms with Gasteiger partial charge in [0, 0.05) is 0 Å². The number of nitrogens with zero attached hydrogens (tertiary/aromatic N) is 1. The molecular weight excluding hydrogens is 234 g/mol. The van der Waals surface area contributed by atoms with Crippen molar-refractivity contribution in [2.24, 2.45) is 0 Å². The average molecular weight is 240 g/mol. The molecule has 0 aliphatic carbocycles. The molecule has 0 saturated heterocycles. The van der Waals surface area contributed by atoms with Gasteiger partial charge in [0.1, 0.15) is 10.6 Å². The van der Waals surface area contributed by atoms with Gasteiger partial charge in [-0.2, -0.15) is 0 Å². The summed E-state index contributed by atoms with van der Waals surface area (Å²) < 4.78 is 26.6. The molecule has 1 rings (SSSR count). The lowest BCUT2D eigenvalue weighted by Crippen LogP contribution is -1.92. The molecular formula is C5H6BrNO3S. The predicted octanol–water partition coefficient (Wildman–Crippen LogP) is 1.38. The molecule has 1 aromatic heterocycles. The molecule has 1 aromatic rings. The zero-order valence-corrected chi connectivity index (χ0v) is 8.36. The van der Waals surface area contributed by atoms with Gasteiger partial charge in [-0.25, -0.2) is 8.42 Å². The normalized spacial score (nSPS) is 11.9. The molecule has 0 amide bonds. The first-order valence-corrected chi connectivity index (χ1v) is 6.13. The van der Waals surface area contributed by atoms with Gasteiger partial charge in [-0.3, -0.25) is 0 Å². The quantitative estimate of drug-likeness (QED) is 0.695. The van der Waals surface area contributed by atoms with E-state index < -0.39 is 8.27 Å². The number of rotatable bonds is 1. The van der Waals surface area contributed by atoms with Gasteiger partial charge in [0.05, 0.1) is 14.8 Å². The molecule has 0 radical (unpaired) electrons. The Balaban J connectivity index is 3.45.